The van der Waals surface area contributed by atoms with E-state index in [1.165, 1.54) is 12.1 Å². The van der Waals surface area contributed by atoms with Gasteiger partial charge in [0, 0.05) is 29.4 Å². The monoisotopic (exact) mass is 327 g/mol. The number of amides is 1. The van der Waals surface area contributed by atoms with Crippen molar-refractivity contribution >= 4 is 11.6 Å². The Hall–Kier alpha value is -2.27. The average molecular weight is 327 g/mol. The smallest absolute Gasteiger partial charge is 0.227 e. The van der Waals surface area contributed by atoms with Crippen molar-refractivity contribution in [2.75, 3.05) is 5.32 Å². The van der Waals surface area contributed by atoms with Crippen LogP contribution in [0.5, 0.6) is 0 Å². The van der Waals surface area contributed by atoms with Crippen molar-refractivity contribution in [2.45, 2.75) is 32.7 Å². The molecule has 1 unspecified atom stereocenters. The number of nitrogens with one attached hydrogen (secondary N) is 1. The van der Waals surface area contributed by atoms with E-state index in [0.717, 1.165) is 24.1 Å². The second-order valence-corrected chi connectivity index (χ2v) is 6.60. The van der Waals surface area contributed by atoms with Crippen LogP contribution in [0.15, 0.2) is 36.5 Å². The van der Waals surface area contributed by atoms with Crippen molar-refractivity contribution in [1.82, 2.24) is 4.98 Å². The molecule has 1 aliphatic rings. The van der Waals surface area contributed by atoms with E-state index < -0.39 is 0 Å². The second-order valence-electron chi connectivity index (χ2n) is 6.60. The number of rotatable bonds is 0. The van der Waals surface area contributed by atoms with Crippen molar-refractivity contribution in [3.05, 3.63) is 48.0 Å². The normalized spacial score (nSPS) is 24.3. The first kappa shape index (κ1) is 16.6. The van der Waals surface area contributed by atoms with Gasteiger partial charge >= 0.3 is 0 Å². The topological polar surface area (TPSA) is 68.0 Å². The predicted octanol–water partition coefficient (Wildman–Crippen LogP) is 3.89. The van der Waals surface area contributed by atoms with E-state index in [1.807, 2.05) is 13.0 Å². The van der Waals surface area contributed by atoms with Gasteiger partial charge in [0.2, 0.25) is 5.91 Å². The molecule has 1 aliphatic heterocycles. The third-order valence-corrected chi connectivity index (χ3v) is 4.91. The van der Waals surface area contributed by atoms with Crippen LogP contribution in [0.2, 0.25) is 0 Å². The minimum atomic E-state index is -0.348. The molecule has 2 bridgehead atoms. The van der Waals surface area contributed by atoms with Crippen molar-refractivity contribution in [3.63, 3.8) is 0 Å². The molecule has 0 saturated carbocycles. The molecule has 2 aromatic rings. The Labute approximate surface area is 141 Å². The molecule has 1 aromatic heterocycles. The predicted molar refractivity (Wildman–Crippen MR) is 92.8 cm³/mol. The highest BCUT2D eigenvalue weighted by atomic mass is 19.1. The zero-order chi connectivity index (χ0) is 17.3. The molecule has 4 nitrogen and oxygen atoms in total. The summed E-state index contributed by atoms with van der Waals surface area (Å²) in [5, 5.41) is 2.95. The maximum absolute atomic E-state index is 13.8. The molecule has 0 aliphatic carbocycles. The number of nitrogens with zero attached hydrogens (tertiary/aromatic N) is 1. The quantitative estimate of drug-likeness (QED) is 0.771. The summed E-state index contributed by atoms with van der Waals surface area (Å²) in [6.45, 7) is 3.97. The van der Waals surface area contributed by atoms with Gasteiger partial charge in [0.15, 0.2) is 0 Å². The Kier molecular flexibility index (Phi) is 4.62. The van der Waals surface area contributed by atoms with Gasteiger partial charge in [0.1, 0.15) is 5.82 Å². The highest BCUT2D eigenvalue weighted by Gasteiger charge is 2.23. The fourth-order valence-corrected chi connectivity index (χ4v) is 3.03. The first-order chi connectivity index (χ1) is 11.5. The minimum absolute atomic E-state index is 0.0567. The van der Waals surface area contributed by atoms with Gasteiger partial charge in [-0.1, -0.05) is 13.8 Å². The number of benzene rings is 1. The van der Waals surface area contributed by atoms with Gasteiger partial charge in [0.25, 0.3) is 0 Å². The van der Waals surface area contributed by atoms with E-state index in [1.54, 1.807) is 18.3 Å². The lowest BCUT2D eigenvalue weighted by atomic mass is 9.88. The van der Waals surface area contributed by atoms with Crippen LogP contribution in [0.1, 0.15) is 38.4 Å². The lowest BCUT2D eigenvalue weighted by Gasteiger charge is -2.23. The van der Waals surface area contributed by atoms with E-state index >= 15 is 0 Å². The molecule has 3 atom stereocenters. The molecular weight excluding hydrogens is 305 g/mol. The van der Waals surface area contributed by atoms with Gasteiger partial charge in [-0.05, 0) is 54.7 Å². The molecule has 126 valence electrons. The standard InChI is InChI=1S/C19H22FN3O/c1-11-3-5-16(21)18-9-13(7-8-22-18)15-10-14(20)4-6-17(15)23-19(24)12(11)2/h4,6-12,16H,3,5,21H2,1-2H3,(H,23,24)/t11?,12-,16+/m1/s1. The number of anilines is 1. The van der Waals surface area contributed by atoms with E-state index in [9.17, 15) is 9.18 Å². The Morgan fingerprint density at radius 3 is 2.79 bits per heavy atom. The first-order valence-electron chi connectivity index (χ1n) is 8.28. The molecule has 0 saturated heterocycles. The summed E-state index contributed by atoms with van der Waals surface area (Å²) in [7, 11) is 0. The summed E-state index contributed by atoms with van der Waals surface area (Å²) >= 11 is 0. The Morgan fingerprint density at radius 1 is 1.21 bits per heavy atom. The maximum atomic E-state index is 13.8. The van der Waals surface area contributed by atoms with Crippen molar-refractivity contribution in [2.24, 2.45) is 17.6 Å². The first-order valence-corrected chi connectivity index (χ1v) is 8.28. The van der Waals surface area contributed by atoms with Crippen molar-refractivity contribution in [1.29, 1.82) is 0 Å². The molecule has 0 radical (unpaired) electrons. The Morgan fingerprint density at radius 2 is 2.00 bits per heavy atom. The number of hydrogen-bond donors (Lipinski definition) is 2. The lowest BCUT2D eigenvalue weighted by molar-refractivity contribution is -0.120. The summed E-state index contributed by atoms with van der Waals surface area (Å²) in [6.07, 6.45) is 3.28. The average Bonchev–Trinajstić information content (AvgIpc) is 2.59. The molecule has 1 amide bonds. The zero-order valence-corrected chi connectivity index (χ0v) is 13.9. The van der Waals surface area contributed by atoms with E-state index in [2.05, 4.69) is 17.2 Å². The third kappa shape index (κ3) is 3.31. The summed E-state index contributed by atoms with van der Waals surface area (Å²) in [5.41, 5.74) is 9.10. The highest BCUT2D eigenvalue weighted by Crippen LogP contribution is 2.32. The van der Waals surface area contributed by atoms with Crippen LogP contribution in [-0.4, -0.2) is 10.9 Å². The van der Waals surface area contributed by atoms with E-state index in [-0.39, 0.29) is 29.6 Å². The van der Waals surface area contributed by atoms with E-state index in [0.29, 0.717) is 11.3 Å². The number of pyridine rings is 1. The van der Waals surface area contributed by atoms with Crippen LogP contribution in [0.3, 0.4) is 0 Å². The number of aromatic nitrogens is 1. The summed E-state index contributed by atoms with van der Waals surface area (Å²) < 4.78 is 13.8. The van der Waals surface area contributed by atoms with Gasteiger partial charge in [-0.2, -0.15) is 0 Å². The van der Waals surface area contributed by atoms with Crippen LogP contribution in [0.4, 0.5) is 10.1 Å². The fourth-order valence-electron chi connectivity index (χ4n) is 3.03. The largest absolute Gasteiger partial charge is 0.325 e. The maximum Gasteiger partial charge on any atom is 0.227 e. The Balaban J connectivity index is 2.13. The SMILES string of the molecule is CC1CC[C@H](N)c2cc(ccn2)-c2cc(F)ccc2NC(=O)[C@@H]1C. The molecule has 3 N–H and O–H groups in total. The molecular formula is C19H22FN3O. The molecule has 0 spiro atoms. The van der Waals surface area contributed by atoms with Gasteiger partial charge in [0.05, 0.1) is 5.69 Å². The number of carbonyl (C=O) groups excluding carboxylic acids is 1. The second kappa shape index (κ2) is 6.69. The summed E-state index contributed by atoms with van der Waals surface area (Å²) in [4.78, 5) is 16.9. The highest BCUT2D eigenvalue weighted by molar-refractivity contribution is 5.96. The fraction of sp³-hybridized carbons (Fsp3) is 0.368. The van der Waals surface area contributed by atoms with Gasteiger partial charge in [-0.15, -0.1) is 0 Å². The van der Waals surface area contributed by atoms with Gasteiger partial charge in [-0.25, -0.2) is 4.39 Å². The molecule has 3 rings (SSSR count). The van der Waals surface area contributed by atoms with Crippen LogP contribution in [0.25, 0.3) is 11.1 Å². The van der Waals surface area contributed by atoms with Crippen molar-refractivity contribution in [3.8, 4) is 11.1 Å². The number of hydrogen-bond acceptors (Lipinski definition) is 3. The number of nitrogens with two attached hydrogens (primary N) is 1. The van der Waals surface area contributed by atoms with Crippen molar-refractivity contribution < 1.29 is 9.18 Å². The Bertz CT molecular complexity index is 762. The minimum Gasteiger partial charge on any atom is -0.325 e. The lowest BCUT2D eigenvalue weighted by Crippen LogP contribution is -2.27. The van der Waals surface area contributed by atoms with Gasteiger partial charge in [-0.3, -0.25) is 9.78 Å². The van der Waals surface area contributed by atoms with Crippen LogP contribution in [0, 0.1) is 17.7 Å². The molecule has 2 heterocycles. The molecule has 5 heteroatoms. The number of carbonyl (C=O) groups is 1. The molecule has 24 heavy (non-hydrogen) atoms. The third-order valence-electron chi connectivity index (χ3n) is 4.91. The van der Waals surface area contributed by atoms with Gasteiger partial charge < -0.3 is 11.1 Å². The number of halogens is 1. The summed E-state index contributed by atoms with van der Waals surface area (Å²) in [5.74, 6) is -0.360. The van der Waals surface area contributed by atoms with E-state index in [4.69, 9.17) is 5.73 Å². The van der Waals surface area contributed by atoms with Crippen LogP contribution < -0.4 is 11.1 Å². The summed E-state index contributed by atoms with van der Waals surface area (Å²) in [6, 6.07) is 7.88. The van der Waals surface area contributed by atoms with Crippen LogP contribution in [-0.2, 0) is 4.79 Å². The number of fused-ring (bicyclic) bond motifs is 4. The molecule has 0 fully saturated rings. The molecule has 1 aromatic carbocycles. The zero-order valence-electron chi connectivity index (χ0n) is 13.9. The van der Waals surface area contributed by atoms with Crippen LogP contribution >= 0.6 is 0 Å².